The molecule has 1 heterocycles. The minimum atomic E-state index is -0.870. The van der Waals surface area contributed by atoms with Gasteiger partial charge in [-0.15, -0.1) is 0 Å². The summed E-state index contributed by atoms with van der Waals surface area (Å²) in [6, 6.07) is 8.70. The third-order valence-corrected chi connectivity index (χ3v) is 6.34. The molecular weight excluding hydrogens is 399 g/mol. The highest BCUT2D eigenvalue weighted by Gasteiger charge is 2.34. The molecule has 1 amide bonds. The third-order valence-electron chi connectivity index (χ3n) is 6.34. The van der Waals surface area contributed by atoms with E-state index in [0.717, 1.165) is 31.2 Å². The van der Waals surface area contributed by atoms with Crippen LogP contribution >= 0.6 is 0 Å². The number of hydrogen-bond donors (Lipinski definition) is 1. The minimum Gasteiger partial charge on any atom is -0.497 e. The van der Waals surface area contributed by atoms with Crippen LogP contribution in [-0.2, 0) is 11.3 Å². The van der Waals surface area contributed by atoms with E-state index < -0.39 is 6.09 Å². The number of Topliss-reactive ketones (excluding diaryl/α,β-unsaturated/α-hetero) is 1. The second-order valence-corrected chi connectivity index (χ2v) is 8.42. The summed E-state index contributed by atoms with van der Waals surface area (Å²) in [5.74, 6) is 0.632. The topological polar surface area (TPSA) is 91.5 Å². The molecule has 0 unspecified atom stereocenters. The largest absolute Gasteiger partial charge is 0.497 e. The number of ether oxygens (including phenoxy) is 2. The fourth-order valence-corrected chi connectivity index (χ4v) is 4.48. The maximum atomic E-state index is 14.5. The third kappa shape index (κ3) is 4.86. The average molecular weight is 426 g/mol. The summed E-state index contributed by atoms with van der Waals surface area (Å²) >= 11 is 0. The van der Waals surface area contributed by atoms with Gasteiger partial charge in [0.25, 0.3) is 0 Å². The van der Waals surface area contributed by atoms with Gasteiger partial charge < -0.3 is 15.2 Å². The number of nitrogens with zero attached hydrogens (tertiary/aromatic N) is 1. The lowest BCUT2D eigenvalue weighted by Crippen LogP contribution is -2.24. The molecule has 0 bridgehead atoms. The lowest BCUT2D eigenvalue weighted by molar-refractivity contribution is 0.0876. The molecule has 6 nitrogen and oxygen atoms in total. The van der Waals surface area contributed by atoms with Gasteiger partial charge in [-0.2, -0.15) is 0 Å². The number of primary amides is 1. The van der Waals surface area contributed by atoms with Crippen LogP contribution in [0.3, 0.4) is 0 Å². The summed E-state index contributed by atoms with van der Waals surface area (Å²) in [6.45, 7) is -0.0515. The van der Waals surface area contributed by atoms with Crippen LogP contribution in [0.4, 0.5) is 9.18 Å². The smallest absolute Gasteiger partial charge is 0.404 e. The molecule has 4 rings (SSSR count). The Morgan fingerprint density at radius 2 is 1.68 bits per heavy atom. The van der Waals surface area contributed by atoms with E-state index in [1.54, 1.807) is 18.2 Å². The van der Waals surface area contributed by atoms with Crippen molar-refractivity contribution in [1.29, 1.82) is 0 Å². The number of amides is 1. The zero-order valence-electron chi connectivity index (χ0n) is 17.6. The average Bonchev–Trinajstić information content (AvgIpc) is 3.62. The monoisotopic (exact) mass is 426 g/mol. The van der Waals surface area contributed by atoms with E-state index in [-0.39, 0.29) is 30.0 Å². The molecule has 164 valence electrons. The number of carbonyl (C=O) groups excluding carboxylic acids is 2. The molecule has 2 fully saturated rings. The van der Waals surface area contributed by atoms with E-state index in [1.165, 1.54) is 13.2 Å². The molecule has 31 heavy (non-hydrogen) atoms. The van der Waals surface area contributed by atoms with Crippen LogP contribution in [0.15, 0.2) is 30.3 Å². The molecule has 0 saturated heterocycles. The fourth-order valence-electron chi connectivity index (χ4n) is 4.48. The zero-order chi connectivity index (χ0) is 22.0. The first-order valence-corrected chi connectivity index (χ1v) is 10.8. The van der Waals surface area contributed by atoms with E-state index in [4.69, 9.17) is 15.2 Å². The number of benzene rings is 1. The van der Waals surface area contributed by atoms with Crippen molar-refractivity contribution >= 4 is 11.9 Å². The summed E-state index contributed by atoms with van der Waals surface area (Å²) in [6.07, 6.45) is 4.15. The highest BCUT2D eigenvalue weighted by atomic mass is 19.1. The summed E-state index contributed by atoms with van der Waals surface area (Å²) < 4.78 is 24.4. The number of carbonyl (C=O) groups is 2. The van der Waals surface area contributed by atoms with E-state index in [0.29, 0.717) is 41.5 Å². The molecule has 2 aliphatic carbocycles. The molecule has 2 N–H and O–H groups in total. The van der Waals surface area contributed by atoms with Gasteiger partial charge in [-0.25, -0.2) is 14.2 Å². The van der Waals surface area contributed by atoms with Gasteiger partial charge in [0.1, 0.15) is 23.9 Å². The van der Waals surface area contributed by atoms with Gasteiger partial charge in [-0.3, -0.25) is 4.79 Å². The van der Waals surface area contributed by atoms with Gasteiger partial charge in [0.05, 0.1) is 12.8 Å². The second kappa shape index (κ2) is 9.04. The van der Waals surface area contributed by atoms with E-state index in [9.17, 15) is 14.0 Å². The van der Waals surface area contributed by atoms with Crippen molar-refractivity contribution in [2.75, 3.05) is 7.11 Å². The van der Waals surface area contributed by atoms with Crippen LogP contribution in [0.5, 0.6) is 5.75 Å². The molecule has 0 spiro atoms. The lowest BCUT2D eigenvalue weighted by Gasteiger charge is -2.28. The van der Waals surface area contributed by atoms with Crippen molar-refractivity contribution in [1.82, 2.24) is 4.98 Å². The van der Waals surface area contributed by atoms with Gasteiger partial charge in [-0.05, 0) is 73.6 Å². The Morgan fingerprint density at radius 1 is 1.03 bits per heavy atom. The number of hydrogen-bond acceptors (Lipinski definition) is 5. The summed E-state index contributed by atoms with van der Waals surface area (Å²) in [5.41, 5.74) is 7.72. The quantitative estimate of drug-likeness (QED) is 0.639. The van der Waals surface area contributed by atoms with Crippen LogP contribution in [-0.4, -0.2) is 24.0 Å². The maximum Gasteiger partial charge on any atom is 0.404 e. The molecule has 0 radical (unpaired) electrons. The molecule has 0 atom stereocenters. The summed E-state index contributed by atoms with van der Waals surface area (Å²) in [7, 11) is 1.52. The summed E-state index contributed by atoms with van der Waals surface area (Å²) in [4.78, 5) is 28.8. The van der Waals surface area contributed by atoms with Gasteiger partial charge in [0.2, 0.25) is 0 Å². The predicted molar refractivity (Wildman–Crippen MR) is 113 cm³/mol. The number of nitrogens with two attached hydrogens (primary N) is 1. The van der Waals surface area contributed by atoms with Crippen molar-refractivity contribution in [2.24, 2.45) is 11.7 Å². The lowest BCUT2D eigenvalue weighted by atomic mass is 9.76. The van der Waals surface area contributed by atoms with Crippen LogP contribution in [0, 0.1) is 11.7 Å². The van der Waals surface area contributed by atoms with Crippen LogP contribution in [0.1, 0.15) is 77.7 Å². The molecular formula is C24H27FN2O4. The SMILES string of the molecule is COc1ccc(C2CCC(C(=O)c3nc(COC(N)=O)ccc3C3CC3)CC2)c(F)c1. The van der Waals surface area contributed by atoms with E-state index in [1.807, 2.05) is 6.07 Å². The Balaban J connectivity index is 1.47. The van der Waals surface area contributed by atoms with Crippen LogP contribution < -0.4 is 10.5 Å². The standard InChI is InChI=1S/C24H27FN2O4/c1-30-18-9-11-19(21(25)12-18)14-4-6-16(7-5-14)23(28)22-20(15-2-3-15)10-8-17(27-22)13-31-24(26)29/h8-12,14-16H,2-7,13H2,1H3,(H2,26,29). The number of ketones is 1. The van der Waals surface area contributed by atoms with Gasteiger partial charge in [0.15, 0.2) is 5.78 Å². The van der Waals surface area contributed by atoms with Crippen LogP contribution in [0.2, 0.25) is 0 Å². The first-order chi connectivity index (χ1) is 15.0. The Kier molecular flexibility index (Phi) is 6.20. The number of aromatic nitrogens is 1. The Hall–Kier alpha value is -2.96. The zero-order valence-corrected chi connectivity index (χ0v) is 17.6. The second-order valence-electron chi connectivity index (χ2n) is 8.42. The fraction of sp³-hybridized carbons (Fsp3) is 0.458. The molecule has 2 aliphatic rings. The first-order valence-electron chi connectivity index (χ1n) is 10.8. The molecule has 1 aromatic carbocycles. The van der Waals surface area contributed by atoms with Gasteiger partial charge >= 0.3 is 6.09 Å². The highest BCUT2D eigenvalue weighted by Crippen LogP contribution is 2.43. The number of pyridine rings is 1. The number of halogens is 1. The minimum absolute atomic E-state index is 0.0384. The van der Waals surface area contributed by atoms with Crippen LogP contribution in [0.25, 0.3) is 0 Å². The maximum absolute atomic E-state index is 14.5. The molecule has 0 aliphatic heterocycles. The van der Waals surface area contributed by atoms with Gasteiger partial charge in [-0.1, -0.05) is 12.1 Å². The van der Waals surface area contributed by atoms with Crippen molar-refractivity contribution in [3.63, 3.8) is 0 Å². The summed E-state index contributed by atoms with van der Waals surface area (Å²) in [5, 5.41) is 0. The Morgan fingerprint density at radius 3 is 2.29 bits per heavy atom. The number of methoxy groups -OCH3 is 1. The first kappa shape index (κ1) is 21.3. The van der Waals surface area contributed by atoms with Crippen molar-refractivity contribution in [3.05, 3.63) is 58.7 Å². The highest BCUT2D eigenvalue weighted by molar-refractivity contribution is 5.97. The van der Waals surface area contributed by atoms with Crippen molar-refractivity contribution in [3.8, 4) is 5.75 Å². The molecule has 7 heteroatoms. The Labute approximate surface area is 180 Å². The van der Waals surface area contributed by atoms with Crippen molar-refractivity contribution in [2.45, 2.75) is 57.0 Å². The predicted octanol–water partition coefficient (Wildman–Crippen LogP) is 4.86. The Bertz CT molecular complexity index is 982. The molecule has 1 aromatic heterocycles. The van der Waals surface area contributed by atoms with Crippen molar-refractivity contribution < 1.29 is 23.5 Å². The molecule has 2 saturated carbocycles. The number of rotatable bonds is 7. The normalized spacial score (nSPS) is 20.8. The van der Waals surface area contributed by atoms with E-state index >= 15 is 0 Å². The molecule has 2 aromatic rings. The van der Waals surface area contributed by atoms with E-state index in [2.05, 4.69) is 4.98 Å². The van der Waals surface area contributed by atoms with Gasteiger partial charge in [0, 0.05) is 12.0 Å².